The van der Waals surface area contributed by atoms with Crippen LogP contribution in [0.2, 0.25) is 5.02 Å². The summed E-state index contributed by atoms with van der Waals surface area (Å²) in [5.41, 5.74) is 0.712. The summed E-state index contributed by atoms with van der Waals surface area (Å²) >= 11 is 5.95. The third-order valence-electron chi connectivity index (χ3n) is 3.36. The number of halogens is 1. The number of anilines is 1. The third kappa shape index (κ3) is 5.09. The SMILES string of the molecule is Cc1occc1C(=O)OCC(=O)N(C)CC(=O)Nc1ccccc1Cl. The first kappa shape index (κ1) is 18.5. The van der Waals surface area contributed by atoms with Gasteiger partial charge >= 0.3 is 5.97 Å². The van der Waals surface area contributed by atoms with Gasteiger partial charge < -0.3 is 19.4 Å². The molecule has 0 fully saturated rings. The van der Waals surface area contributed by atoms with Crippen molar-refractivity contribution in [3.63, 3.8) is 0 Å². The smallest absolute Gasteiger partial charge is 0.342 e. The highest BCUT2D eigenvalue weighted by molar-refractivity contribution is 6.33. The van der Waals surface area contributed by atoms with Gasteiger partial charge in [0, 0.05) is 7.05 Å². The summed E-state index contributed by atoms with van der Waals surface area (Å²) in [7, 11) is 1.44. The van der Waals surface area contributed by atoms with Crippen LogP contribution in [0.1, 0.15) is 16.1 Å². The van der Waals surface area contributed by atoms with Crippen molar-refractivity contribution in [2.75, 3.05) is 25.5 Å². The summed E-state index contributed by atoms with van der Waals surface area (Å²) in [6.07, 6.45) is 1.36. The standard InChI is InChI=1S/C17H17ClN2O5/c1-11-12(7-8-24-11)17(23)25-10-16(22)20(2)9-15(21)19-14-6-4-3-5-13(14)18/h3-8H,9-10H2,1-2H3,(H,19,21). The summed E-state index contributed by atoms with van der Waals surface area (Å²) in [4.78, 5) is 36.9. The molecule has 2 amide bonds. The van der Waals surface area contributed by atoms with Crippen molar-refractivity contribution in [2.45, 2.75) is 6.92 Å². The zero-order valence-corrected chi connectivity index (χ0v) is 14.5. The van der Waals surface area contributed by atoms with Crippen molar-refractivity contribution in [3.8, 4) is 0 Å². The quantitative estimate of drug-likeness (QED) is 0.795. The Hall–Kier alpha value is -2.80. The van der Waals surface area contributed by atoms with E-state index in [0.717, 1.165) is 4.90 Å². The van der Waals surface area contributed by atoms with Crippen LogP contribution in [0.3, 0.4) is 0 Å². The molecule has 1 aromatic heterocycles. The number of hydrogen-bond acceptors (Lipinski definition) is 5. The van der Waals surface area contributed by atoms with E-state index in [1.807, 2.05) is 0 Å². The molecule has 0 aliphatic heterocycles. The molecule has 1 aromatic carbocycles. The molecule has 0 radical (unpaired) electrons. The van der Waals surface area contributed by atoms with Crippen molar-refractivity contribution in [1.29, 1.82) is 0 Å². The maximum Gasteiger partial charge on any atom is 0.342 e. The van der Waals surface area contributed by atoms with Crippen molar-refractivity contribution in [3.05, 3.63) is 52.9 Å². The van der Waals surface area contributed by atoms with E-state index in [4.69, 9.17) is 20.8 Å². The number of esters is 1. The van der Waals surface area contributed by atoms with Crippen LogP contribution >= 0.6 is 11.6 Å². The summed E-state index contributed by atoms with van der Waals surface area (Å²) in [5, 5.41) is 3.00. The predicted octanol–water partition coefficient (Wildman–Crippen LogP) is 2.50. The molecule has 8 heteroatoms. The van der Waals surface area contributed by atoms with Crippen LogP contribution < -0.4 is 5.32 Å². The Bertz CT molecular complexity index is 787. The number of carbonyl (C=O) groups is 3. The average Bonchev–Trinajstić information content (AvgIpc) is 3.00. The summed E-state index contributed by atoms with van der Waals surface area (Å²) < 4.78 is 9.93. The number of carbonyl (C=O) groups excluding carboxylic acids is 3. The van der Waals surface area contributed by atoms with Gasteiger partial charge in [-0.1, -0.05) is 23.7 Å². The van der Waals surface area contributed by atoms with E-state index in [0.29, 0.717) is 16.5 Å². The second-order valence-corrected chi connectivity index (χ2v) is 5.65. The summed E-state index contributed by atoms with van der Waals surface area (Å²) in [6.45, 7) is 0.940. The van der Waals surface area contributed by atoms with Crippen molar-refractivity contribution in [1.82, 2.24) is 4.90 Å². The van der Waals surface area contributed by atoms with Gasteiger partial charge in [-0.15, -0.1) is 0 Å². The lowest BCUT2D eigenvalue weighted by molar-refractivity contribution is -0.136. The van der Waals surface area contributed by atoms with Crippen LogP contribution in [0.25, 0.3) is 0 Å². The molecule has 7 nitrogen and oxygen atoms in total. The Morgan fingerprint density at radius 1 is 1.24 bits per heavy atom. The van der Waals surface area contributed by atoms with Crippen LogP contribution in [-0.4, -0.2) is 42.9 Å². The second kappa shape index (κ2) is 8.34. The van der Waals surface area contributed by atoms with Crippen LogP contribution in [0, 0.1) is 6.92 Å². The topological polar surface area (TPSA) is 88.8 Å². The minimum atomic E-state index is -0.659. The maximum atomic E-state index is 12.0. The number of nitrogens with zero attached hydrogens (tertiary/aromatic N) is 1. The number of nitrogens with one attached hydrogen (secondary N) is 1. The minimum Gasteiger partial charge on any atom is -0.469 e. The summed E-state index contributed by atoms with van der Waals surface area (Å²) in [5.74, 6) is -1.18. The molecule has 1 N–H and O–H groups in total. The number of aryl methyl sites for hydroxylation is 1. The van der Waals surface area contributed by atoms with Gasteiger partial charge in [-0.2, -0.15) is 0 Å². The van der Waals surface area contributed by atoms with Gasteiger partial charge in [-0.25, -0.2) is 4.79 Å². The highest BCUT2D eigenvalue weighted by Gasteiger charge is 2.18. The van der Waals surface area contributed by atoms with Crippen LogP contribution in [0.4, 0.5) is 5.69 Å². The Kier molecular flexibility index (Phi) is 6.19. The van der Waals surface area contributed by atoms with Crippen molar-refractivity contribution >= 4 is 35.1 Å². The van der Waals surface area contributed by atoms with Gasteiger partial charge in [0.2, 0.25) is 5.91 Å². The zero-order chi connectivity index (χ0) is 18.4. The lowest BCUT2D eigenvalue weighted by Crippen LogP contribution is -2.37. The molecule has 2 rings (SSSR count). The van der Waals surface area contributed by atoms with Gasteiger partial charge in [0.05, 0.1) is 23.5 Å². The molecule has 0 saturated heterocycles. The predicted molar refractivity (Wildman–Crippen MR) is 91.4 cm³/mol. The van der Waals surface area contributed by atoms with Gasteiger partial charge in [0.15, 0.2) is 6.61 Å². The van der Waals surface area contributed by atoms with E-state index in [1.54, 1.807) is 31.2 Å². The number of furan rings is 1. The molecular formula is C17H17ClN2O5. The van der Waals surface area contributed by atoms with Crippen LogP contribution in [0.15, 0.2) is 41.0 Å². The zero-order valence-electron chi connectivity index (χ0n) is 13.7. The monoisotopic (exact) mass is 364 g/mol. The minimum absolute atomic E-state index is 0.202. The fourth-order valence-electron chi connectivity index (χ4n) is 1.97. The van der Waals surface area contributed by atoms with Gasteiger partial charge in [0.25, 0.3) is 5.91 Å². The molecule has 1 heterocycles. The van der Waals surface area contributed by atoms with Crippen LogP contribution in [0.5, 0.6) is 0 Å². The first-order valence-electron chi connectivity index (χ1n) is 7.38. The number of benzene rings is 1. The first-order valence-corrected chi connectivity index (χ1v) is 7.76. The highest BCUT2D eigenvalue weighted by Crippen LogP contribution is 2.20. The molecule has 2 aromatic rings. The highest BCUT2D eigenvalue weighted by atomic mass is 35.5. The normalized spacial score (nSPS) is 10.2. The molecule has 25 heavy (non-hydrogen) atoms. The van der Waals surface area contributed by atoms with E-state index in [2.05, 4.69) is 5.32 Å². The number of para-hydroxylation sites is 1. The molecular weight excluding hydrogens is 348 g/mol. The Balaban J connectivity index is 1.82. The first-order chi connectivity index (χ1) is 11.9. The Morgan fingerprint density at radius 3 is 2.60 bits per heavy atom. The van der Waals surface area contributed by atoms with E-state index in [-0.39, 0.29) is 12.1 Å². The van der Waals surface area contributed by atoms with E-state index in [1.165, 1.54) is 19.4 Å². The average molecular weight is 365 g/mol. The van der Waals surface area contributed by atoms with E-state index >= 15 is 0 Å². The number of rotatable bonds is 6. The number of amides is 2. The van der Waals surface area contributed by atoms with E-state index < -0.39 is 24.4 Å². The lowest BCUT2D eigenvalue weighted by atomic mass is 10.3. The molecule has 0 spiro atoms. The van der Waals surface area contributed by atoms with Gasteiger partial charge in [-0.3, -0.25) is 9.59 Å². The Morgan fingerprint density at radius 2 is 1.96 bits per heavy atom. The summed E-state index contributed by atoms with van der Waals surface area (Å²) in [6, 6.07) is 8.22. The fraction of sp³-hybridized carbons (Fsp3) is 0.235. The van der Waals surface area contributed by atoms with E-state index in [9.17, 15) is 14.4 Å². The molecule has 0 unspecified atom stereocenters. The lowest BCUT2D eigenvalue weighted by Gasteiger charge is -2.17. The third-order valence-corrected chi connectivity index (χ3v) is 3.69. The molecule has 0 saturated carbocycles. The number of likely N-dealkylation sites (N-methyl/N-ethyl adjacent to an activating group) is 1. The van der Waals surface area contributed by atoms with Gasteiger partial charge in [-0.05, 0) is 25.1 Å². The maximum absolute atomic E-state index is 12.0. The number of ether oxygens (including phenoxy) is 1. The molecule has 0 atom stereocenters. The van der Waals surface area contributed by atoms with Crippen molar-refractivity contribution < 1.29 is 23.5 Å². The van der Waals surface area contributed by atoms with Crippen molar-refractivity contribution in [2.24, 2.45) is 0 Å². The molecule has 0 aliphatic rings. The molecule has 0 aliphatic carbocycles. The van der Waals surface area contributed by atoms with Gasteiger partial charge in [0.1, 0.15) is 11.3 Å². The molecule has 0 bridgehead atoms. The fourth-order valence-corrected chi connectivity index (χ4v) is 2.15. The second-order valence-electron chi connectivity index (χ2n) is 5.24. The Labute approximate surface area is 149 Å². The largest absolute Gasteiger partial charge is 0.469 e. The van der Waals surface area contributed by atoms with Crippen LogP contribution in [-0.2, 0) is 14.3 Å². The molecule has 132 valence electrons. The number of hydrogen-bond donors (Lipinski definition) is 1.